The van der Waals surface area contributed by atoms with Crippen LogP contribution in [0.25, 0.3) is 0 Å². The minimum Gasteiger partial charge on any atom is -0.462 e. The summed E-state index contributed by atoms with van der Waals surface area (Å²) in [6.45, 7) is 2.20. The van der Waals surface area contributed by atoms with Crippen molar-refractivity contribution >= 4 is 40.8 Å². The summed E-state index contributed by atoms with van der Waals surface area (Å²) in [5.41, 5.74) is 0. The second-order valence-corrected chi connectivity index (χ2v) is 5.59. The maximum atomic E-state index is 11.1. The number of halogens is 3. The van der Waals surface area contributed by atoms with E-state index in [4.69, 9.17) is 39.5 Å². The zero-order chi connectivity index (χ0) is 10.6. The highest BCUT2D eigenvalue weighted by molar-refractivity contribution is 6.75. The number of rotatable bonds is 2. The third kappa shape index (κ3) is 4.22. The standard InChI is InChI=1S/C8H12Cl3NO2/c9-8(10,11)7(13)14-5-6-2-1-3-12-4-6/h6,12H,1-5H2/t6-/m1/s1. The maximum absolute atomic E-state index is 11.1. The molecule has 0 unspecified atom stereocenters. The number of nitrogens with one attached hydrogen (secondary N) is 1. The number of piperidine rings is 1. The molecular formula is C8H12Cl3NO2. The van der Waals surface area contributed by atoms with Gasteiger partial charge in [-0.3, -0.25) is 0 Å². The largest absolute Gasteiger partial charge is 0.462 e. The van der Waals surface area contributed by atoms with Crippen molar-refractivity contribution in [3.05, 3.63) is 0 Å². The fraction of sp³-hybridized carbons (Fsp3) is 0.875. The van der Waals surface area contributed by atoms with Gasteiger partial charge in [0.2, 0.25) is 0 Å². The molecule has 1 heterocycles. The van der Waals surface area contributed by atoms with Crippen LogP contribution in [0.2, 0.25) is 0 Å². The van der Waals surface area contributed by atoms with E-state index in [0.717, 1.165) is 25.9 Å². The molecule has 1 saturated heterocycles. The fourth-order valence-corrected chi connectivity index (χ4v) is 1.51. The van der Waals surface area contributed by atoms with Gasteiger partial charge in [-0.15, -0.1) is 0 Å². The van der Waals surface area contributed by atoms with E-state index in [2.05, 4.69) is 5.32 Å². The second-order valence-electron chi connectivity index (χ2n) is 3.31. The first-order chi connectivity index (χ1) is 6.50. The molecule has 1 atom stereocenters. The van der Waals surface area contributed by atoms with Crippen molar-refractivity contribution in [3.63, 3.8) is 0 Å². The quantitative estimate of drug-likeness (QED) is 0.609. The highest BCUT2D eigenvalue weighted by atomic mass is 35.6. The second kappa shape index (κ2) is 5.40. The Labute approximate surface area is 98.0 Å². The zero-order valence-corrected chi connectivity index (χ0v) is 9.83. The molecule has 6 heteroatoms. The smallest absolute Gasteiger partial charge is 0.358 e. The average molecular weight is 261 g/mol. The van der Waals surface area contributed by atoms with Gasteiger partial charge in [-0.25, -0.2) is 4.79 Å². The molecule has 0 aromatic rings. The van der Waals surface area contributed by atoms with E-state index in [-0.39, 0.29) is 0 Å². The van der Waals surface area contributed by atoms with E-state index in [0.29, 0.717) is 12.5 Å². The van der Waals surface area contributed by atoms with Crippen LogP contribution in [0, 0.1) is 5.92 Å². The van der Waals surface area contributed by atoms with Crippen LogP contribution >= 0.6 is 34.8 Å². The Bertz CT molecular complexity index is 199. The molecular weight excluding hydrogens is 248 g/mol. The monoisotopic (exact) mass is 259 g/mol. The van der Waals surface area contributed by atoms with Crippen molar-refractivity contribution in [1.29, 1.82) is 0 Å². The van der Waals surface area contributed by atoms with Crippen molar-refractivity contribution in [1.82, 2.24) is 5.32 Å². The number of esters is 1. The number of ether oxygens (including phenoxy) is 1. The first kappa shape index (κ1) is 12.4. The molecule has 14 heavy (non-hydrogen) atoms. The normalized spacial score (nSPS) is 23.2. The lowest BCUT2D eigenvalue weighted by atomic mass is 10.0. The molecule has 0 bridgehead atoms. The van der Waals surface area contributed by atoms with Gasteiger partial charge in [0.25, 0.3) is 3.79 Å². The number of carbonyl (C=O) groups excluding carboxylic acids is 1. The van der Waals surface area contributed by atoms with Crippen molar-refractivity contribution < 1.29 is 9.53 Å². The van der Waals surface area contributed by atoms with Gasteiger partial charge in [-0.2, -0.15) is 0 Å². The van der Waals surface area contributed by atoms with Crippen LogP contribution in [0.4, 0.5) is 0 Å². The molecule has 0 saturated carbocycles. The Morgan fingerprint density at radius 2 is 2.21 bits per heavy atom. The Morgan fingerprint density at radius 3 is 2.71 bits per heavy atom. The molecule has 0 amide bonds. The summed E-state index contributed by atoms with van der Waals surface area (Å²) in [4.78, 5) is 11.1. The average Bonchev–Trinajstić information content (AvgIpc) is 2.14. The SMILES string of the molecule is O=C(OC[C@@H]1CCCNC1)C(Cl)(Cl)Cl. The van der Waals surface area contributed by atoms with E-state index >= 15 is 0 Å². The van der Waals surface area contributed by atoms with Crippen molar-refractivity contribution in [3.8, 4) is 0 Å². The summed E-state index contributed by atoms with van der Waals surface area (Å²) in [5, 5.41) is 3.21. The predicted octanol–water partition coefficient (Wildman–Crippen LogP) is 1.90. The Kier molecular flexibility index (Phi) is 4.77. The van der Waals surface area contributed by atoms with E-state index < -0.39 is 9.76 Å². The molecule has 1 rings (SSSR count). The van der Waals surface area contributed by atoms with Gasteiger partial charge in [-0.1, -0.05) is 34.8 Å². The van der Waals surface area contributed by atoms with E-state index in [1.54, 1.807) is 0 Å². The predicted molar refractivity (Wildman–Crippen MR) is 56.8 cm³/mol. The molecule has 0 aliphatic carbocycles. The minimum atomic E-state index is -1.96. The van der Waals surface area contributed by atoms with Crippen molar-refractivity contribution in [2.24, 2.45) is 5.92 Å². The van der Waals surface area contributed by atoms with Crippen LogP contribution in [0.3, 0.4) is 0 Å². The Balaban J connectivity index is 2.22. The van der Waals surface area contributed by atoms with E-state index in [1.165, 1.54) is 0 Å². The first-order valence-corrected chi connectivity index (χ1v) is 5.58. The molecule has 1 aliphatic rings. The molecule has 1 N–H and O–H groups in total. The molecule has 0 aromatic heterocycles. The fourth-order valence-electron chi connectivity index (χ4n) is 1.34. The number of carbonyl (C=O) groups is 1. The molecule has 3 nitrogen and oxygen atoms in total. The van der Waals surface area contributed by atoms with Crippen LogP contribution in [-0.4, -0.2) is 29.5 Å². The van der Waals surface area contributed by atoms with Gasteiger partial charge < -0.3 is 10.1 Å². The van der Waals surface area contributed by atoms with Gasteiger partial charge in [0.1, 0.15) is 0 Å². The molecule has 82 valence electrons. The Morgan fingerprint density at radius 1 is 1.50 bits per heavy atom. The van der Waals surface area contributed by atoms with Crippen LogP contribution in [0.5, 0.6) is 0 Å². The lowest BCUT2D eigenvalue weighted by Crippen LogP contribution is -2.34. The van der Waals surface area contributed by atoms with Gasteiger partial charge in [0.15, 0.2) is 0 Å². The number of hydrogen-bond acceptors (Lipinski definition) is 3. The topological polar surface area (TPSA) is 38.3 Å². The summed E-state index contributed by atoms with van der Waals surface area (Å²) in [7, 11) is 0. The molecule has 1 aliphatic heterocycles. The van der Waals surface area contributed by atoms with E-state index in [9.17, 15) is 4.79 Å². The number of hydrogen-bond donors (Lipinski definition) is 1. The Hall–Kier alpha value is 0.300. The highest BCUT2D eigenvalue weighted by Crippen LogP contribution is 2.27. The summed E-state index contributed by atoms with van der Waals surface area (Å²) in [6, 6.07) is 0. The molecule has 0 aromatic carbocycles. The lowest BCUT2D eigenvalue weighted by molar-refractivity contribution is -0.144. The summed E-state index contributed by atoms with van der Waals surface area (Å²) in [6.07, 6.45) is 2.14. The minimum absolute atomic E-state index is 0.319. The summed E-state index contributed by atoms with van der Waals surface area (Å²) in [5.74, 6) is -0.465. The third-order valence-corrected chi connectivity index (χ3v) is 2.54. The zero-order valence-electron chi connectivity index (χ0n) is 7.56. The summed E-state index contributed by atoms with van der Waals surface area (Å²) < 4.78 is 2.91. The van der Waals surface area contributed by atoms with Crippen LogP contribution in [0.15, 0.2) is 0 Å². The van der Waals surface area contributed by atoms with Crippen molar-refractivity contribution in [2.75, 3.05) is 19.7 Å². The first-order valence-electron chi connectivity index (χ1n) is 4.45. The van der Waals surface area contributed by atoms with Gasteiger partial charge in [0.05, 0.1) is 6.61 Å². The molecule has 0 spiro atoms. The van der Waals surface area contributed by atoms with E-state index in [1.807, 2.05) is 0 Å². The van der Waals surface area contributed by atoms with Crippen LogP contribution < -0.4 is 5.32 Å². The summed E-state index contributed by atoms with van der Waals surface area (Å²) >= 11 is 16.0. The van der Waals surface area contributed by atoms with Gasteiger partial charge in [0, 0.05) is 12.5 Å². The maximum Gasteiger partial charge on any atom is 0.358 e. The third-order valence-electron chi connectivity index (χ3n) is 2.08. The van der Waals surface area contributed by atoms with Crippen LogP contribution in [0.1, 0.15) is 12.8 Å². The number of alkyl halides is 3. The molecule has 1 fully saturated rings. The van der Waals surface area contributed by atoms with Crippen molar-refractivity contribution in [2.45, 2.75) is 16.6 Å². The van der Waals surface area contributed by atoms with Crippen LogP contribution in [-0.2, 0) is 9.53 Å². The molecule has 0 radical (unpaired) electrons. The van der Waals surface area contributed by atoms with Gasteiger partial charge in [-0.05, 0) is 19.4 Å². The highest BCUT2D eigenvalue weighted by Gasteiger charge is 2.33. The lowest BCUT2D eigenvalue weighted by Gasteiger charge is -2.22. The van der Waals surface area contributed by atoms with Gasteiger partial charge >= 0.3 is 5.97 Å².